The Balaban J connectivity index is 1.56. The van der Waals surface area contributed by atoms with Gasteiger partial charge in [-0.05, 0) is 64.0 Å². The number of rotatable bonds is 3. The highest BCUT2D eigenvalue weighted by atomic mass is 79.9. The second-order valence-electron chi connectivity index (χ2n) is 6.02. The average molecular weight is 439 g/mol. The number of carbonyl (C=O) groups is 2. The zero-order valence-corrected chi connectivity index (χ0v) is 15.9. The van der Waals surface area contributed by atoms with Gasteiger partial charge in [-0.15, -0.1) is 0 Å². The quantitative estimate of drug-likeness (QED) is 0.311. The fraction of sp³-hybridized carbons (Fsp3) is 0. The highest BCUT2D eigenvalue weighted by Crippen LogP contribution is 2.35. The van der Waals surface area contributed by atoms with Crippen molar-refractivity contribution in [1.29, 1.82) is 0 Å². The first-order chi connectivity index (χ1) is 13.5. The minimum atomic E-state index is -0.529. The number of ether oxygens (including phenoxy) is 2. The van der Waals surface area contributed by atoms with E-state index in [0.717, 1.165) is 0 Å². The number of Topliss-reactive ketones (excluding diaryl/α,β-unsaturated/α-hetero) is 1. The summed E-state index contributed by atoms with van der Waals surface area (Å²) >= 11 is 3.31. The molecule has 0 aromatic heterocycles. The Morgan fingerprint density at radius 1 is 1.04 bits per heavy atom. The number of fused-ring (bicyclic) bond motifs is 1. The number of hydrogen-bond donors (Lipinski definition) is 0. The molecular formula is C22H12BrFO4. The molecule has 0 bridgehead atoms. The van der Waals surface area contributed by atoms with Crippen LogP contribution in [-0.4, -0.2) is 11.8 Å². The summed E-state index contributed by atoms with van der Waals surface area (Å²) in [6, 6.07) is 17.2. The van der Waals surface area contributed by atoms with E-state index in [0.29, 0.717) is 26.9 Å². The van der Waals surface area contributed by atoms with Gasteiger partial charge in [-0.25, -0.2) is 9.18 Å². The monoisotopic (exact) mass is 438 g/mol. The van der Waals surface area contributed by atoms with Crippen LogP contribution in [0, 0.1) is 5.82 Å². The van der Waals surface area contributed by atoms with Gasteiger partial charge in [-0.1, -0.05) is 24.3 Å². The molecule has 0 atom stereocenters. The Bertz CT molecular complexity index is 1120. The predicted molar refractivity (Wildman–Crippen MR) is 105 cm³/mol. The Kier molecular flexibility index (Phi) is 4.79. The van der Waals surface area contributed by atoms with Crippen LogP contribution in [0.5, 0.6) is 11.5 Å². The summed E-state index contributed by atoms with van der Waals surface area (Å²) in [5.74, 6) is -0.496. The van der Waals surface area contributed by atoms with Gasteiger partial charge in [0, 0.05) is 10.5 Å². The van der Waals surface area contributed by atoms with Crippen LogP contribution < -0.4 is 9.47 Å². The second kappa shape index (κ2) is 7.40. The van der Waals surface area contributed by atoms with Crippen LogP contribution in [0.25, 0.3) is 6.08 Å². The van der Waals surface area contributed by atoms with Crippen LogP contribution in [-0.2, 0) is 0 Å². The molecular weight excluding hydrogens is 427 g/mol. The molecule has 0 N–H and O–H groups in total. The SMILES string of the molecule is O=C(Oc1ccc2c(c1)OC(=Cc1ccc(F)cc1)C2=O)c1ccccc1Br. The van der Waals surface area contributed by atoms with E-state index in [2.05, 4.69) is 15.9 Å². The van der Waals surface area contributed by atoms with Crippen molar-refractivity contribution in [2.75, 3.05) is 0 Å². The number of carbonyl (C=O) groups excluding carboxylic acids is 2. The van der Waals surface area contributed by atoms with Gasteiger partial charge in [-0.2, -0.15) is 0 Å². The number of esters is 1. The van der Waals surface area contributed by atoms with Gasteiger partial charge in [0.15, 0.2) is 5.76 Å². The molecule has 4 nitrogen and oxygen atoms in total. The third-order valence-corrected chi connectivity index (χ3v) is 4.80. The van der Waals surface area contributed by atoms with Gasteiger partial charge in [0.25, 0.3) is 0 Å². The molecule has 1 aliphatic rings. The van der Waals surface area contributed by atoms with E-state index in [4.69, 9.17) is 9.47 Å². The first-order valence-corrected chi connectivity index (χ1v) is 9.11. The summed E-state index contributed by atoms with van der Waals surface area (Å²) < 4.78 is 24.7. The molecule has 0 aliphatic carbocycles. The molecule has 0 radical (unpaired) electrons. The molecule has 0 fully saturated rings. The van der Waals surface area contributed by atoms with Crippen molar-refractivity contribution >= 4 is 33.8 Å². The molecule has 3 aromatic carbocycles. The van der Waals surface area contributed by atoms with Crippen molar-refractivity contribution in [3.63, 3.8) is 0 Å². The van der Waals surface area contributed by atoms with Gasteiger partial charge >= 0.3 is 5.97 Å². The molecule has 1 aliphatic heterocycles. The third kappa shape index (κ3) is 3.59. The van der Waals surface area contributed by atoms with Crippen molar-refractivity contribution in [3.05, 3.63) is 99.5 Å². The van der Waals surface area contributed by atoms with Gasteiger partial charge in [0.1, 0.15) is 17.3 Å². The van der Waals surface area contributed by atoms with Crippen LogP contribution in [0.3, 0.4) is 0 Å². The summed E-state index contributed by atoms with van der Waals surface area (Å²) in [6.45, 7) is 0. The maximum atomic E-state index is 13.0. The standard InChI is InChI=1S/C22H12BrFO4/c23-18-4-2-1-3-16(18)22(26)27-15-9-10-17-19(12-15)28-20(21(17)25)11-13-5-7-14(24)8-6-13/h1-12H. The van der Waals surface area contributed by atoms with E-state index < -0.39 is 5.97 Å². The van der Waals surface area contributed by atoms with Crippen LogP contribution in [0.15, 0.2) is 77.0 Å². The zero-order valence-electron chi connectivity index (χ0n) is 14.3. The summed E-state index contributed by atoms with van der Waals surface area (Å²) in [6.07, 6.45) is 1.54. The predicted octanol–water partition coefficient (Wildman–Crippen LogP) is 5.42. The van der Waals surface area contributed by atoms with Gasteiger partial charge in [0.05, 0.1) is 11.1 Å². The van der Waals surface area contributed by atoms with Gasteiger partial charge < -0.3 is 9.47 Å². The lowest BCUT2D eigenvalue weighted by Crippen LogP contribution is -2.09. The fourth-order valence-corrected chi connectivity index (χ4v) is 3.18. The highest BCUT2D eigenvalue weighted by Gasteiger charge is 2.28. The Hall–Kier alpha value is -3.25. The maximum Gasteiger partial charge on any atom is 0.344 e. The van der Waals surface area contributed by atoms with Crippen molar-refractivity contribution in [1.82, 2.24) is 0 Å². The van der Waals surface area contributed by atoms with Gasteiger partial charge in [-0.3, -0.25) is 4.79 Å². The van der Waals surface area contributed by atoms with Crippen molar-refractivity contribution < 1.29 is 23.5 Å². The molecule has 4 rings (SSSR count). The lowest BCUT2D eigenvalue weighted by atomic mass is 10.1. The molecule has 0 amide bonds. The number of benzene rings is 3. The highest BCUT2D eigenvalue weighted by molar-refractivity contribution is 9.10. The van der Waals surface area contributed by atoms with Crippen molar-refractivity contribution in [2.24, 2.45) is 0 Å². The normalized spacial score (nSPS) is 13.9. The summed E-state index contributed by atoms with van der Waals surface area (Å²) in [7, 11) is 0. The molecule has 6 heteroatoms. The molecule has 0 unspecified atom stereocenters. The van der Waals surface area contributed by atoms with E-state index in [-0.39, 0.29) is 23.1 Å². The van der Waals surface area contributed by atoms with E-state index >= 15 is 0 Å². The topological polar surface area (TPSA) is 52.6 Å². The second-order valence-corrected chi connectivity index (χ2v) is 6.87. The number of hydrogen-bond acceptors (Lipinski definition) is 4. The van der Waals surface area contributed by atoms with E-state index in [1.807, 2.05) is 0 Å². The zero-order chi connectivity index (χ0) is 19.7. The molecule has 138 valence electrons. The Morgan fingerprint density at radius 3 is 2.54 bits per heavy atom. The number of allylic oxidation sites excluding steroid dienone is 1. The van der Waals surface area contributed by atoms with Crippen molar-refractivity contribution in [3.8, 4) is 11.5 Å². The maximum absolute atomic E-state index is 13.0. The molecule has 28 heavy (non-hydrogen) atoms. The summed E-state index contributed by atoms with van der Waals surface area (Å²) in [4.78, 5) is 24.8. The Morgan fingerprint density at radius 2 is 1.79 bits per heavy atom. The summed E-state index contributed by atoms with van der Waals surface area (Å²) in [5, 5.41) is 0. The molecule has 3 aromatic rings. The van der Waals surface area contributed by atoms with Gasteiger partial charge in [0.2, 0.25) is 5.78 Å². The smallest absolute Gasteiger partial charge is 0.344 e. The van der Waals surface area contributed by atoms with E-state index in [1.165, 1.54) is 30.3 Å². The van der Waals surface area contributed by atoms with E-state index in [9.17, 15) is 14.0 Å². The lowest BCUT2D eigenvalue weighted by molar-refractivity contribution is 0.0733. The van der Waals surface area contributed by atoms with Crippen LogP contribution in [0.4, 0.5) is 4.39 Å². The van der Waals surface area contributed by atoms with Crippen LogP contribution >= 0.6 is 15.9 Å². The largest absolute Gasteiger partial charge is 0.452 e. The first kappa shape index (κ1) is 18.1. The van der Waals surface area contributed by atoms with Crippen molar-refractivity contribution in [2.45, 2.75) is 0 Å². The number of halogens is 2. The Labute approximate surface area is 168 Å². The molecule has 0 spiro atoms. The minimum Gasteiger partial charge on any atom is -0.452 e. The first-order valence-electron chi connectivity index (χ1n) is 8.32. The molecule has 0 saturated carbocycles. The lowest BCUT2D eigenvalue weighted by Gasteiger charge is -2.06. The number of ketones is 1. The minimum absolute atomic E-state index is 0.121. The van der Waals surface area contributed by atoms with Crippen LogP contribution in [0.2, 0.25) is 0 Å². The fourth-order valence-electron chi connectivity index (χ4n) is 2.73. The van der Waals surface area contributed by atoms with E-state index in [1.54, 1.807) is 42.5 Å². The van der Waals surface area contributed by atoms with Crippen LogP contribution in [0.1, 0.15) is 26.3 Å². The average Bonchev–Trinajstić information content (AvgIpc) is 2.99. The molecule has 0 saturated heterocycles. The molecule has 1 heterocycles. The summed E-state index contributed by atoms with van der Waals surface area (Å²) in [5.41, 5.74) is 1.39. The third-order valence-electron chi connectivity index (χ3n) is 4.11.